The molecule has 0 aromatic rings. The number of esters is 4. The summed E-state index contributed by atoms with van der Waals surface area (Å²) in [5.41, 5.74) is 0. The highest BCUT2D eigenvalue weighted by Gasteiger charge is 2.30. The van der Waals surface area contributed by atoms with E-state index in [1.165, 1.54) is 244 Å². The second kappa shape index (κ2) is 73.2. The molecule has 102 heavy (non-hydrogen) atoms. The maximum Gasteiger partial charge on any atom is 0.472 e. The van der Waals surface area contributed by atoms with Crippen LogP contribution in [0.15, 0.2) is 0 Å². The Kier molecular flexibility index (Phi) is 71.8. The molecule has 0 amide bonds. The van der Waals surface area contributed by atoms with Gasteiger partial charge in [0.25, 0.3) is 0 Å². The van der Waals surface area contributed by atoms with E-state index >= 15 is 0 Å². The third kappa shape index (κ3) is 74.9. The highest BCUT2D eigenvalue weighted by molar-refractivity contribution is 7.47. The van der Waals surface area contributed by atoms with Crippen molar-refractivity contribution >= 4 is 39.5 Å². The zero-order valence-electron chi connectivity index (χ0n) is 67.1. The van der Waals surface area contributed by atoms with Crippen molar-refractivity contribution in [1.29, 1.82) is 0 Å². The van der Waals surface area contributed by atoms with E-state index in [9.17, 15) is 43.2 Å². The molecule has 0 bridgehead atoms. The lowest BCUT2D eigenvalue weighted by Gasteiger charge is -2.21. The van der Waals surface area contributed by atoms with Gasteiger partial charge in [0.05, 0.1) is 26.4 Å². The molecule has 0 heterocycles. The van der Waals surface area contributed by atoms with Crippen molar-refractivity contribution in [3.63, 3.8) is 0 Å². The Labute approximate surface area is 626 Å². The quantitative estimate of drug-likeness (QED) is 0.0222. The Morgan fingerprint density at radius 1 is 0.284 bits per heavy atom. The van der Waals surface area contributed by atoms with Gasteiger partial charge in [-0.2, -0.15) is 0 Å². The van der Waals surface area contributed by atoms with Gasteiger partial charge in [-0.05, 0) is 43.4 Å². The average Bonchev–Trinajstić information content (AvgIpc) is 0.945. The van der Waals surface area contributed by atoms with Crippen LogP contribution < -0.4 is 0 Å². The van der Waals surface area contributed by atoms with E-state index in [0.717, 1.165) is 102 Å². The molecule has 0 saturated heterocycles. The summed E-state index contributed by atoms with van der Waals surface area (Å²) in [6.45, 7) is 12.0. The van der Waals surface area contributed by atoms with Gasteiger partial charge < -0.3 is 33.8 Å². The molecular weight excluding hydrogens is 1330 g/mol. The number of carbonyl (C=O) groups excluding carboxylic acids is 4. The molecule has 0 aliphatic carbocycles. The minimum atomic E-state index is -4.96. The summed E-state index contributed by atoms with van der Waals surface area (Å²) in [5, 5.41) is 10.6. The molecule has 0 saturated carbocycles. The fourth-order valence-corrected chi connectivity index (χ4v) is 14.4. The summed E-state index contributed by atoms with van der Waals surface area (Å²) in [6, 6.07) is 0. The zero-order chi connectivity index (χ0) is 75.1. The molecule has 6 atom stereocenters. The van der Waals surface area contributed by atoms with Crippen molar-refractivity contribution < 1.29 is 80.2 Å². The largest absolute Gasteiger partial charge is 0.472 e. The lowest BCUT2D eigenvalue weighted by molar-refractivity contribution is -0.161. The summed E-state index contributed by atoms with van der Waals surface area (Å²) in [4.78, 5) is 72.9. The van der Waals surface area contributed by atoms with Gasteiger partial charge in [0.1, 0.15) is 19.3 Å². The molecule has 0 radical (unpaired) electrons. The van der Waals surface area contributed by atoms with Crippen molar-refractivity contribution in [3.8, 4) is 0 Å². The fourth-order valence-electron chi connectivity index (χ4n) is 12.8. The predicted molar refractivity (Wildman–Crippen MR) is 418 cm³/mol. The van der Waals surface area contributed by atoms with Gasteiger partial charge in [-0.25, -0.2) is 9.13 Å². The highest BCUT2D eigenvalue weighted by Crippen LogP contribution is 2.45. The van der Waals surface area contributed by atoms with Gasteiger partial charge >= 0.3 is 39.5 Å². The summed E-state index contributed by atoms with van der Waals surface area (Å²) >= 11 is 0. The molecule has 0 aliphatic heterocycles. The summed E-state index contributed by atoms with van der Waals surface area (Å²) in [7, 11) is -9.92. The number of aliphatic hydroxyl groups excluding tert-OH is 1. The molecule has 606 valence electrons. The first-order chi connectivity index (χ1) is 49.3. The smallest absolute Gasteiger partial charge is 0.462 e. The van der Waals surface area contributed by atoms with E-state index in [1.807, 2.05) is 0 Å². The lowest BCUT2D eigenvalue weighted by atomic mass is 9.99. The Morgan fingerprint density at radius 2 is 0.500 bits per heavy atom. The number of phosphoric ester groups is 2. The molecule has 0 aromatic heterocycles. The number of hydrogen-bond donors (Lipinski definition) is 3. The number of phosphoric acid groups is 2. The van der Waals surface area contributed by atoms with Crippen LogP contribution in [0.2, 0.25) is 0 Å². The summed E-state index contributed by atoms with van der Waals surface area (Å²) in [5.74, 6) is 0.276. The molecule has 0 spiro atoms. The molecule has 19 heteroatoms. The molecule has 0 fully saturated rings. The van der Waals surface area contributed by atoms with E-state index in [2.05, 4.69) is 48.5 Å². The number of ether oxygens (including phenoxy) is 4. The van der Waals surface area contributed by atoms with Crippen molar-refractivity contribution in [2.45, 2.75) is 452 Å². The minimum Gasteiger partial charge on any atom is -0.462 e. The van der Waals surface area contributed by atoms with Gasteiger partial charge in [-0.1, -0.05) is 382 Å². The molecule has 0 aromatic carbocycles. The monoisotopic (exact) mass is 1490 g/mol. The third-order valence-corrected chi connectivity index (χ3v) is 21.6. The first-order valence-electron chi connectivity index (χ1n) is 42.9. The van der Waals surface area contributed by atoms with Crippen molar-refractivity contribution in [2.75, 3.05) is 39.6 Å². The van der Waals surface area contributed by atoms with Crippen LogP contribution >= 0.6 is 15.6 Å². The maximum absolute atomic E-state index is 13.1. The van der Waals surface area contributed by atoms with Gasteiger partial charge in [-0.3, -0.25) is 37.3 Å². The van der Waals surface area contributed by atoms with Crippen LogP contribution in [0.1, 0.15) is 434 Å². The first-order valence-corrected chi connectivity index (χ1v) is 45.9. The molecule has 3 unspecified atom stereocenters. The van der Waals surface area contributed by atoms with E-state index in [-0.39, 0.29) is 25.7 Å². The number of unbranched alkanes of at least 4 members (excludes halogenated alkanes) is 48. The minimum absolute atomic E-state index is 0.104. The van der Waals surface area contributed by atoms with Crippen LogP contribution in [0.25, 0.3) is 0 Å². The zero-order valence-corrected chi connectivity index (χ0v) is 68.9. The van der Waals surface area contributed by atoms with E-state index in [4.69, 9.17) is 37.0 Å². The van der Waals surface area contributed by atoms with Gasteiger partial charge in [0.15, 0.2) is 12.2 Å². The standard InChI is InChI=1S/C83H162O17P2/c1-8-10-11-12-13-34-43-50-57-64-80(85)93-71-79(100-83(88)67-60-53-46-39-41-48-55-62-75(5)6)73-98-102(91,92)96-69-77(84)68-95-101(89,90)97-72-78(70-94-81(86)65-58-51-44-37-32-28-24-20-16-14-18-22-26-30-35-40-47-54-61-74(3)4)99-82(87)66-59-52-45-38-33-29-25-21-17-15-19-23-27-31-36-42-49-56-63-76(7)9-2/h74-79,84H,8-73H2,1-7H3,(H,89,90)(H,91,92)/t76?,77-,78-,79-/m1/s1. The molecule has 0 rings (SSSR count). The number of carbonyl (C=O) groups is 4. The topological polar surface area (TPSA) is 237 Å². The Morgan fingerprint density at radius 3 is 0.745 bits per heavy atom. The molecule has 3 N–H and O–H groups in total. The fraction of sp³-hybridized carbons (Fsp3) is 0.952. The van der Waals surface area contributed by atoms with Gasteiger partial charge in [-0.15, -0.1) is 0 Å². The second-order valence-electron chi connectivity index (χ2n) is 31.1. The number of hydrogen-bond acceptors (Lipinski definition) is 15. The molecule has 0 aliphatic rings. The van der Waals surface area contributed by atoms with Crippen molar-refractivity contribution in [3.05, 3.63) is 0 Å². The second-order valence-corrected chi connectivity index (χ2v) is 34.0. The van der Waals surface area contributed by atoms with Crippen LogP contribution in [0, 0.1) is 17.8 Å². The van der Waals surface area contributed by atoms with E-state index < -0.39 is 97.5 Å². The van der Waals surface area contributed by atoms with Gasteiger partial charge in [0.2, 0.25) is 0 Å². The number of rotatable bonds is 81. The Hall–Kier alpha value is -1.94. The van der Waals surface area contributed by atoms with Gasteiger partial charge in [0, 0.05) is 25.7 Å². The van der Waals surface area contributed by atoms with Crippen molar-refractivity contribution in [2.24, 2.45) is 17.8 Å². The van der Waals surface area contributed by atoms with E-state index in [0.29, 0.717) is 31.6 Å². The lowest BCUT2D eigenvalue weighted by Crippen LogP contribution is -2.30. The SMILES string of the molecule is CCCCCCCCCCCC(=O)OC[C@H](COP(=O)(O)OC[C@H](O)COP(=O)(O)OC[C@@H](COC(=O)CCCCCCCCCCCCCCCCCCCCC(C)C)OC(=O)CCCCCCCCCCCCCCCCCCCCC(C)CC)OC(=O)CCCCCCCCCC(C)C. The van der Waals surface area contributed by atoms with Crippen LogP contribution in [-0.4, -0.2) is 96.7 Å². The van der Waals surface area contributed by atoms with Crippen molar-refractivity contribution in [1.82, 2.24) is 0 Å². The summed E-state index contributed by atoms with van der Waals surface area (Å²) in [6.07, 6.45) is 62.8. The Balaban J connectivity index is 5.16. The molecule has 17 nitrogen and oxygen atoms in total. The highest BCUT2D eigenvalue weighted by atomic mass is 31.2. The average molecular weight is 1490 g/mol. The van der Waals surface area contributed by atoms with Crippen LogP contribution in [0.4, 0.5) is 0 Å². The maximum atomic E-state index is 13.1. The Bertz CT molecular complexity index is 1980. The summed E-state index contributed by atoms with van der Waals surface area (Å²) < 4.78 is 68.6. The van der Waals surface area contributed by atoms with E-state index in [1.54, 1.807) is 0 Å². The van der Waals surface area contributed by atoms with Crippen LogP contribution in [0.5, 0.6) is 0 Å². The molecular formula is C83H162O17P2. The van der Waals surface area contributed by atoms with Crippen LogP contribution in [0.3, 0.4) is 0 Å². The normalized spacial score (nSPS) is 14.2. The van der Waals surface area contributed by atoms with Crippen LogP contribution in [-0.2, 0) is 65.4 Å². The predicted octanol–water partition coefficient (Wildman–Crippen LogP) is 24.9. The third-order valence-electron chi connectivity index (χ3n) is 19.7. The number of aliphatic hydroxyl groups is 1. The first kappa shape index (κ1) is 100.